The second-order valence-corrected chi connectivity index (χ2v) is 5.34. The van der Waals surface area contributed by atoms with Crippen molar-refractivity contribution in [3.05, 3.63) is 77.1 Å². The van der Waals surface area contributed by atoms with Crippen LogP contribution >= 0.6 is 0 Å². The normalized spacial score (nSPS) is 16.0. The minimum Gasteiger partial charge on any atom is -0.317 e. The smallest absolute Gasteiger partial charge is 0.221 e. The number of fused-ring (bicyclic) bond motifs is 1. The first-order chi connectivity index (χ1) is 10.1. The molecule has 0 aliphatic carbocycles. The van der Waals surface area contributed by atoms with E-state index in [2.05, 4.69) is 78.8 Å². The van der Waals surface area contributed by atoms with Crippen LogP contribution < -0.4 is 10.1 Å². The number of allylic oxidation sites excluding steroid dienone is 3. The van der Waals surface area contributed by atoms with Crippen molar-refractivity contribution >= 4 is 11.3 Å². The molecule has 0 saturated carbocycles. The Morgan fingerprint density at radius 2 is 1.95 bits per heavy atom. The van der Waals surface area contributed by atoms with Crippen LogP contribution in [0.2, 0.25) is 0 Å². The molecule has 0 unspecified atom stereocenters. The number of aromatic nitrogens is 1. The van der Waals surface area contributed by atoms with Crippen molar-refractivity contribution in [3.63, 3.8) is 0 Å². The maximum Gasteiger partial charge on any atom is 0.221 e. The van der Waals surface area contributed by atoms with E-state index >= 15 is 0 Å². The van der Waals surface area contributed by atoms with E-state index in [1.807, 2.05) is 13.0 Å². The molecule has 1 radical (unpaired) electrons. The van der Waals surface area contributed by atoms with E-state index in [1.165, 1.54) is 16.8 Å². The fourth-order valence-corrected chi connectivity index (χ4v) is 2.71. The van der Waals surface area contributed by atoms with E-state index in [0.29, 0.717) is 0 Å². The van der Waals surface area contributed by atoms with Gasteiger partial charge in [0.2, 0.25) is 5.49 Å². The summed E-state index contributed by atoms with van der Waals surface area (Å²) < 4.78 is 4.27. The molecular formula is C19H19N2Y-. The molecule has 3 rings (SSSR count). The Labute approximate surface area is 157 Å². The molecule has 1 aliphatic rings. The molecule has 2 nitrogen and oxygen atoms in total. The number of hydrogen-bond acceptors (Lipinski definition) is 0. The molecule has 1 aromatic heterocycles. The number of hydrogen-bond donors (Lipinski definition) is 0. The molecular weight excluding hydrogens is 345 g/mol. The van der Waals surface area contributed by atoms with E-state index in [4.69, 9.17) is 0 Å². The van der Waals surface area contributed by atoms with Crippen molar-refractivity contribution < 1.29 is 32.7 Å². The predicted octanol–water partition coefficient (Wildman–Crippen LogP) is 3.36. The fourth-order valence-electron chi connectivity index (χ4n) is 2.71. The quantitative estimate of drug-likeness (QED) is 0.542. The topological polar surface area (TPSA) is 7.94 Å². The SMILES string of the molecule is C[C-]=C(C)C1=[C-][N+](=c2ccccn2C)c2c(C)cccc21.[Y]. The van der Waals surface area contributed by atoms with Crippen molar-refractivity contribution in [1.29, 1.82) is 0 Å². The van der Waals surface area contributed by atoms with Crippen LogP contribution in [-0.4, -0.2) is 4.57 Å². The third-order valence-corrected chi connectivity index (χ3v) is 3.96. The van der Waals surface area contributed by atoms with Crippen LogP contribution in [0.3, 0.4) is 0 Å². The molecule has 0 fully saturated rings. The Kier molecular flexibility index (Phi) is 5.36. The second kappa shape index (κ2) is 6.89. The molecule has 1 aromatic carbocycles. The summed E-state index contributed by atoms with van der Waals surface area (Å²) in [5.41, 5.74) is 7.05. The van der Waals surface area contributed by atoms with Gasteiger partial charge in [-0.3, -0.25) is 10.1 Å². The predicted molar refractivity (Wildman–Crippen MR) is 86.3 cm³/mol. The molecule has 2 aromatic rings. The van der Waals surface area contributed by atoms with Gasteiger partial charge in [-0.15, -0.1) is 25.5 Å². The van der Waals surface area contributed by atoms with Gasteiger partial charge in [-0.05, 0) is 30.8 Å². The monoisotopic (exact) mass is 364 g/mol. The molecule has 0 spiro atoms. The van der Waals surface area contributed by atoms with Crippen molar-refractivity contribution in [2.45, 2.75) is 20.8 Å². The van der Waals surface area contributed by atoms with Gasteiger partial charge in [0.1, 0.15) is 0 Å². The zero-order valence-electron chi connectivity index (χ0n) is 13.5. The summed E-state index contributed by atoms with van der Waals surface area (Å²) in [5.74, 6) is 0. The van der Waals surface area contributed by atoms with Crippen molar-refractivity contribution in [2.75, 3.05) is 0 Å². The molecule has 0 atom stereocenters. The minimum atomic E-state index is 0. The van der Waals surface area contributed by atoms with Crippen LogP contribution in [0.4, 0.5) is 5.69 Å². The first-order valence-electron chi connectivity index (χ1n) is 7.13. The third kappa shape index (κ3) is 2.82. The molecule has 2 heterocycles. The summed E-state index contributed by atoms with van der Waals surface area (Å²) in [6, 6.07) is 12.6. The van der Waals surface area contributed by atoms with Crippen LogP contribution in [0.1, 0.15) is 25.0 Å². The molecule has 1 aliphatic heterocycles. The van der Waals surface area contributed by atoms with Crippen LogP contribution in [0.5, 0.6) is 0 Å². The summed E-state index contributed by atoms with van der Waals surface area (Å²) >= 11 is 0. The summed E-state index contributed by atoms with van der Waals surface area (Å²) in [5, 5.41) is 0. The Morgan fingerprint density at radius 1 is 1.18 bits per heavy atom. The Hall–Kier alpha value is -1.25. The van der Waals surface area contributed by atoms with Gasteiger partial charge in [-0.1, -0.05) is 18.2 Å². The molecule has 109 valence electrons. The molecule has 22 heavy (non-hydrogen) atoms. The largest absolute Gasteiger partial charge is 0.317 e. The molecule has 0 bridgehead atoms. The number of para-hydroxylation sites is 1. The summed E-state index contributed by atoms with van der Waals surface area (Å²) in [6.45, 7) is 6.18. The average molecular weight is 364 g/mol. The fraction of sp³-hybridized carbons (Fsp3) is 0.211. The molecule has 0 amide bonds. The van der Waals surface area contributed by atoms with Crippen LogP contribution in [0.15, 0.2) is 48.2 Å². The van der Waals surface area contributed by atoms with Crippen molar-refractivity contribution in [2.24, 2.45) is 7.05 Å². The summed E-state index contributed by atoms with van der Waals surface area (Å²) in [6.07, 6.45) is 8.83. The maximum absolute atomic E-state index is 3.53. The van der Waals surface area contributed by atoms with Gasteiger partial charge in [0.25, 0.3) is 0 Å². The van der Waals surface area contributed by atoms with Gasteiger partial charge in [0, 0.05) is 38.4 Å². The number of benzene rings is 1. The van der Waals surface area contributed by atoms with E-state index in [0.717, 1.165) is 16.6 Å². The zero-order chi connectivity index (χ0) is 15.0. The Balaban J connectivity index is 0.00000176. The summed E-state index contributed by atoms with van der Waals surface area (Å²) in [4.78, 5) is 0. The van der Waals surface area contributed by atoms with Crippen LogP contribution in [-0.2, 0) is 39.8 Å². The molecule has 3 heteroatoms. The van der Waals surface area contributed by atoms with E-state index in [1.54, 1.807) is 0 Å². The van der Waals surface area contributed by atoms with Gasteiger partial charge in [-0.25, -0.2) is 5.57 Å². The van der Waals surface area contributed by atoms with Gasteiger partial charge in [-0.2, -0.15) is 0 Å². The van der Waals surface area contributed by atoms with Crippen LogP contribution in [0, 0.1) is 19.2 Å². The average Bonchev–Trinajstić information content (AvgIpc) is 2.88. The van der Waals surface area contributed by atoms with Gasteiger partial charge in [0.05, 0.1) is 13.2 Å². The second-order valence-electron chi connectivity index (χ2n) is 5.34. The summed E-state index contributed by atoms with van der Waals surface area (Å²) in [7, 11) is 2.06. The number of aryl methyl sites for hydroxylation is 2. The number of rotatable bonds is 1. The van der Waals surface area contributed by atoms with Crippen molar-refractivity contribution in [3.8, 4) is 0 Å². The zero-order valence-corrected chi connectivity index (χ0v) is 16.4. The van der Waals surface area contributed by atoms with Gasteiger partial charge in [0.15, 0.2) is 0 Å². The standard InChI is InChI=1S/C19H19N2.Y/c1-5-14(2)17-13-21(18-11-6-7-12-20(18)4)19-15(3)9-8-10-16(17)19;/h6-12H,1-4H3;/q-1;. The Bertz CT molecular complexity index is 839. The first-order valence-corrected chi connectivity index (χ1v) is 7.13. The van der Waals surface area contributed by atoms with Gasteiger partial charge >= 0.3 is 0 Å². The Morgan fingerprint density at radius 3 is 2.64 bits per heavy atom. The number of pyridine rings is 1. The van der Waals surface area contributed by atoms with Crippen molar-refractivity contribution in [1.82, 2.24) is 9.14 Å². The van der Waals surface area contributed by atoms with E-state index < -0.39 is 0 Å². The third-order valence-electron chi connectivity index (χ3n) is 3.96. The van der Waals surface area contributed by atoms with Gasteiger partial charge < -0.3 is 10.7 Å². The number of nitrogens with zero attached hydrogens (tertiary/aromatic N) is 2. The maximum atomic E-state index is 3.53. The molecule has 0 N–H and O–H groups in total. The first kappa shape index (κ1) is 17.1. The van der Waals surface area contributed by atoms with Crippen LogP contribution in [0.25, 0.3) is 5.57 Å². The minimum absolute atomic E-state index is 0. The van der Waals surface area contributed by atoms with E-state index in [9.17, 15) is 0 Å². The molecule has 0 saturated heterocycles. The van der Waals surface area contributed by atoms with E-state index in [-0.39, 0.29) is 32.7 Å².